The lowest BCUT2D eigenvalue weighted by atomic mass is 9.90. The maximum absolute atomic E-state index is 9.11. The molecular formula is C17H31N. The highest BCUT2D eigenvalue weighted by atomic mass is 14.3. The molecule has 0 aromatic heterocycles. The summed E-state index contributed by atoms with van der Waals surface area (Å²) in [5, 5.41) is 9.11. The van der Waals surface area contributed by atoms with Gasteiger partial charge in [0.1, 0.15) is 0 Å². The molecule has 104 valence electrons. The van der Waals surface area contributed by atoms with E-state index in [2.05, 4.69) is 13.0 Å². The van der Waals surface area contributed by atoms with E-state index in [0.717, 1.165) is 18.8 Å². The molecule has 18 heavy (non-hydrogen) atoms. The van der Waals surface area contributed by atoms with Crippen molar-refractivity contribution in [3.8, 4) is 6.07 Å². The van der Waals surface area contributed by atoms with Crippen molar-refractivity contribution in [3.05, 3.63) is 0 Å². The lowest BCUT2D eigenvalue weighted by Crippen LogP contribution is -2.01. The van der Waals surface area contributed by atoms with Crippen molar-refractivity contribution >= 4 is 0 Å². The minimum atomic E-state index is 0.344. The topological polar surface area (TPSA) is 23.8 Å². The minimum absolute atomic E-state index is 0.344. The molecule has 1 heteroatoms. The van der Waals surface area contributed by atoms with E-state index >= 15 is 0 Å². The van der Waals surface area contributed by atoms with Gasteiger partial charge in [0, 0.05) is 5.92 Å². The van der Waals surface area contributed by atoms with Crippen LogP contribution in [-0.4, -0.2) is 0 Å². The first-order chi connectivity index (χ1) is 8.86. The van der Waals surface area contributed by atoms with E-state index in [1.54, 1.807) is 0 Å². The van der Waals surface area contributed by atoms with Crippen LogP contribution in [0.15, 0.2) is 0 Å². The molecule has 0 atom stereocenters. The first-order valence-electron chi connectivity index (χ1n) is 8.26. The van der Waals surface area contributed by atoms with Gasteiger partial charge in [-0.1, -0.05) is 77.6 Å². The van der Waals surface area contributed by atoms with Gasteiger partial charge < -0.3 is 0 Å². The quantitative estimate of drug-likeness (QED) is 0.572. The maximum atomic E-state index is 9.11. The highest BCUT2D eigenvalue weighted by Crippen LogP contribution is 2.24. The van der Waals surface area contributed by atoms with E-state index in [-0.39, 0.29) is 0 Å². The Morgan fingerprint density at radius 3 is 1.61 bits per heavy atom. The van der Waals surface area contributed by atoms with E-state index in [9.17, 15) is 0 Å². The Morgan fingerprint density at radius 1 is 0.778 bits per heavy atom. The smallest absolute Gasteiger partial charge is 0.0655 e. The van der Waals surface area contributed by atoms with E-state index in [0.29, 0.717) is 5.92 Å². The van der Waals surface area contributed by atoms with Crippen molar-refractivity contribution in [3.63, 3.8) is 0 Å². The number of rotatable bonds is 1. The largest absolute Gasteiger partial charge is 0.198 e. The Labute approximate surface area is 114 Å². The zero-order valence-electron chi connectivity index (χ0n) is 12.3. The lowest BCUT2D eigenvalue weighted by molar-refractivity contribution is 0.382. The molecule has 0 bridgehead atoms. The fourth-order valence-electron chi connectivity index (χ4n) is 3.18. The maximum Gasteiger partial charge on any atom is 0.0655 e. The summed E-state index contributed by atoms with van der Waals surface area (Å²) in [7, 11) is 0. The van der Waals surface area contributed by atoms with Crippen LogP contribution in [0.25, 0.3) is 0 Å². The molecule has 1 rings (SSSR count). The van der Waals surface area contributed by atoms with Crippen LogP contribution in [0.5, 0.6) is 0 Å². The van der Waals surface area contributed by atoms with Crippen LogP contribution >= 0.6 is 0 Å². The predicted molar refractivity (Wildman–Crippen MR) is 78.3 cm³/mol. The second kappa shape index (κ2) is 10.4. The fourth-order valence-corrected chi connectivity index (χ4v) is 3.18. The summed E-state index contributed by atoms with van der Waals surface area (Å²) in [5.41, 5.74) is 0. The monoisotopic (exact) mass is 249 g/mol. The molecule has 0 aromatic rings. The van der Waals surface area contributed by atoms with Gasteiger partial charge in [-0.2, -0.15) is 5.26 Å². The van der Waals surface area contributed by atoms with E-state index in [4.69, 9.17) is 5.26 Å². The number of nitrogens with zero attached hydrogens (tertiary/aromatic N) is 1. The molecule has 0 heterocycles. The summed E-state index contributed by atoms with van der Waals surface area (Å²) < 4.78 is 0. The van der Waals surface area contributed by atoms with Gasteiger partial charge in [-0.25, -0.2) is 0 Å². The van der Waals surface area contributed by atoms with Gasteiger partial charge in [-0.15, -0.1) is 0 Å². The van der Waals surface area contributed by atoms with Gasteiger partial charge in [-0.3, -0.25) is 0 Å². The van der Waals surface area contributed by atoms with Gasteiger partial charge in [0.25, 0.3) is 0 Å². The molecule has 0 radical (unpaired) electrons. The molecule has 1 nitrogen and oxygen atoms in total. The number of nitriles is 1. The molecule has 0 aliphatic heterocycles. The van der Waals surface area contributed by atoms with Crippen molar-refractivity contribution < 1.29 is 0 Å². The molecule has 1 saturated carbocycles. The highest BCUT2D eigenvalue weighted by molar-refractivity contribution is 4.82. The molecule has 1 fully saturated rings. The third-order valence-electron chi connectivity index (χ3n) is 4.59. The zero-order chi connectivity index (χ0) is 13.1. The Kier molecular flexibility index (Phi) is 9.00. The molecular weight excluding hydrogens is 218 g/mol. The van der Waals surface area contributed by atoms with Gasteiger partial charge >= 0.3 is 0 Å². The predicted octanol–water partition coefficient (Wildman–Crippen LogP) is 5.85. The summed E-state index contributed by atoms with van der Waals surface area (Å²) in [6.07, 6.45) is 17.4. The van der Waals surface area contributed by atoms with Crippen LogP contribution < -0.4 is 0 Å². The summed E-state index contributed by atoms with van der Waals surface area (Å²) in [6, 6.07) is 2.50. The molecule has 0 aromatic carbocycles. The van der Waals surface area contributed by atoms with E-state index < -0.39 is 0 Å². The second-order valence-corrected chi connectivity index (χ2v) is 6.08. The van der Waals surface area contributed by atoms with Crippen molar-refractivity contribution in [2.45, 2.75) is 90.4 Å². The van der Waals surface area contributed by atoms with Crippen LogP contribution in [0.4, 0.5) is 0 Å². The molecule has 1 aliphatic carbocycles. The minimum Gasteiger partial charge on any atom is -0.198 e. The molecule has 0 amide bonds. The third-order valence-corrected chi connectivity index (χ3v) is 4.59. The van der Waals surface area contributed by atoms with Crippen molar-refractivity contribution in [2.75, 3.05) is 0 Å². The second-order valence-electron chi connectivity index (χ2n) is 6.08. The number of hydrogen-bond acceptors (Lipinski definition) is 1. The summed E-state index contributed by atoms with van der Waals surface area (Å²) >= 11 is 0. The molecule has 0 unspecified atom stereocenters. The molecule has 0 spiro atoms. The summed E-state index contributed by atoms with van der Waals surface area (Å²) in [4.78, 5) is 0. The van der Waals surface area contributed by atoms with Crippen LogP contribution in [0, 0.1) is 23.2 Å². The number of hydrogen-bond donors (Lipinski definition) is 0. The fraction of sp³-hybridized carbons (Fsp3) is 0.941. The van der Waals surface area contributed by atoms with E-state index in [1.807, 2.05) is 0 Å². The van der Waals surface area contributed by atoms with Crippen LogP contribution in [-0.2, 0) is 0 Å². The summed E-state index contributed by atoms with van der Waals surface area (Å²) in [5.74, 6) is 1.33. The lowest BCUT2D eigenvalue weighted by Gasteiger charge is -2.16. The van der Waals surface area contributed by atoms with Crippen LogP contribution in [0.2, 0.25) is 0 Å². The third kappa shape index (κ3) is 7.04. The van der Waals surface area contributed by atoms with E-state index in [1.165, 1.54) is 70.6 Å². The molecule has 0 N–H and O–H groups in total. The Bertz CT molecular complexity index is 212. The van der Waals surface area contributed by atoms with Gasteiger partial charge in [0.2, 0.25) is 0 Å². The van der Waals surface area contributed by atoms with Gasteiger partial charge in [0.15, 0.2) is 0 Å². The Hall–Kier alpha value is -0.510. The standard InChI is InChI=1S/C17H31N/c1-2-16-11-7-3-5-9-13-17(15-18)14-10-6-4-8-12-16/h16-17H,2-14H2,1H3. The van der Waals surface area contributed by atoms with Crippen molar-refractivity contribution in [1.82, 2.24) is 0 Å². The molecule has 1 aliphatic rings. The zero-order valence-corrected chi connectivity index (χ0v) is 12.3. The Morgan fingerprint density at radius 2 is 1.22 bits per heavy atom. The molecule has 0 saturated heterocycles. The van der Waals surface area contributed by atoms with Gasteiger partial charge in [-0.05, 0) is 18.8 Å². The SMILES string of the molecule is CCC1CCCCCCC(C#N)CCCCCC1. The summed E-state index contributed by atoms with van der Waals surface area (Å²) in [6.45, 7) is 2.35. The average molecular weight is 249 g/mol. The van der Waals surface area contributed by atoms with Crippen molar-refractivity contribution in [1.29, 1.82) is 5.26 Å². The average Bonchev–Trinajstić information content (AvgIpc) is 2.41. The first-order valence-corrected chi connectivity index (χ1v) is 8.26. The first kappa shape index (κ1) is 15.5. The van der Waals surface area contributed by atoms with Crippen molar-refractivity contribution in [2.24, 2.45) is 11.8 Å². The van der Waals surface area contributed by atoms with Crippen LogP contribution in [0.1, 0.15) is 90.4 Å². The highest BCUT2D eigenvalue weighted by Gasteiger charge is 2.09. The normalized spacial score (nSPS) is 29.1. The van der Waals surface area contributed by atoms with Gasteiger partial charge in [0.05, 0.1) is 6.07 Å². The van der Waals surface area contributed by atoms with Crippen LogP contribution in [0.3, 0.4) is 0 Å². The Balaban J connectivity index is 2.29.